The number of nitrogens with one attached hydrogen (secondary N) is 3. The minimum Gasteiger partial charge on any atom is -0.456 e. The zero-order chi connectivity index (χ0) is 85.0. The number of furan rings is 2. The molecule has 6 aliphatic rings. The molecule has 3 N–H and O–H groups in total. The highest BCUT2D eigenvalue weighted by atomic mass is 32.1. The van der Waals surface area contributed by atoms with Crippen LogP contribution in [-0.4, -0.2) is 15.0 Å². The third-order valence-electron chi connectivity index (χ3n) is 29.3. The SMILES string of the molecule is CC1(C)c2ccccc2-c2ccc(-c3ccc4c(c3)C3=C(C4)c4cccc5cccc3c45)cc21.c1cc2c3c(cccc3c1)-c1c-2[nH]c2cc(-c3ccc4c(c3)sc3ccccc34)ccc12.c1cc2c3c(cccc3c1)-c1c-2[nH]c2cc(-c3ccc4oc5ccccc5c4c3)ccc12.c1cc2c3c(cccc3c1)-c1c-2[nH]c2ccc(-c3ccc4oc5ccccc5c4c3)cc12. The van der Waals surface area contributed by atoms with E-state index in [1.54, 1.807) is 0 Å². The molecule has 5 nitrogen and oxygen atoms in total. The van der Waals surface area contributed by atoms with Crippen LogP contribution in [0, 0.1) is 0 Å². The molecule has 0 unspecified atom stereocenters. The van der Waals surface area contributed by atoms with Crippen LogP contribution in [0.5, 0.6) is 0 Å². The fourth-order valence-corrected chi connectivity index (χ4v) is 24.5. The summed E-state index contributed by atoms with van der Waals surface area (Å²) in [5.74, 6) is 0. The minimum absolute atomic E-state index is 0.0249. The van der Waals surface area contributed by atoms with Crippen LogP contribution in [0.3, 0.4) is 0 Å². The molecule has 130 heavy (non-hydrogen) atoms. The molecular formula is C124H75N3O2S. The number of rotatable bonds is 4. The van der Waals surface area contributed by atoms with Crippen LogP contribution in [0.1, 0.15) is 47.2 Å². The third kappa shape index (κ3) is 10.3. The average Bonchev–Trinajstić information content (AvgIpc) is 1.57. The number of allylic oxidation sites excluding steroid dienone is 1. The van der Waals surface area contributed by atoms with E-state index in [4.69, 9.17) is 8.83 Å². The Balaban J connectivity index is 0.0000000854. The summed E-state index contributed by atoms with van der Waals surface area (Å²) in [5, 5.41) is 22.0. The van der Waals surface area contributed by atoms with E-state index in [9.17, 15) is 0 Å². The smallest absolute Gasteiger partial charge is 0.135 e. The molecule has 20 aromatic carbocycles. The second kappa shape index (κ2) is 26.8. The number of hydrogen-bond donors (Lipinski definition) is 3. The first-order chi connectivity index (χ1) is 64.2. The first-order valence-corrected chi connectivity index (χ1v) is 45.9. The molecule has 0 bridgehead atoms. The molecular weight excluding hydrogens is 1600 g/mol. The summed E-state index contributed by atoms with van der Waals surface area (Å²) in [6.07, 6.45) is 1.03. The largest absolute Gasteiger partial charge is 0.456 e. The van der Waals surface area contributed by atoms with Crippen molar-refractivity contribution in [3.63, 3.8) is 0 Å². The van der Waals surface area contributed by atoms with Crippen LogP contribution < -0.4 is 0 Å². The van der Waals surface area contributed by atoms with Crippen molar-refractivity contribution in [1.29, 1.82) is 0 Å². The molecule has 0 atom stereocenters. The predicted octanol–water partition coefficient (Wildman–Crippen LogP) is 34.7. The van der Waals surface area contributed by atoms with Gasteiger partial charge >= 0.3 is 0 Å². The van der Waals surface area contributed by atoms with Crippen LogP contribution in [0.4, 0.5) is 0 Å². The van der Waals surface area contributed by atoms with Gasteiger partial charge in [-0.05, 0) is 251 Å². The molecule has 32 rings (SSSR count). The van der Waals surface area contributed by atoms with Crippen molar-refractivity contribution in [2.45, 2.75) is 25.7 Å². The minimum atomic E-state index is 0.0249. The molecule has 6 heteroatoms. The Morgan fingerprint density at radius 2 is 0.623 bits per heavy atom. The Kier molecular flexibility index (Phi) is 14.8. The van der Waals surface area contributed by atoms with Crippen LogP contribution in [0.2, 0.25) is 0 Å². The molecule has 6 heterocycles. The van der Waals surface area contributed by atoms with Crippen LogP contribution in [0.25, 0.3) is 274 Å². The number of aromatic nitrogens is 3. The molecule has 0 aliphatic heterocycles. The summed E-state index contributed by atoms with van der Waals surface area (Å²) >= 11 is 1.88. The lowest BCUT2D eigenvalue weighted by molar-refractivity contribution is 0.660. The second-order valence-electron chi connectivity index (χ2n) is 36.5. The van der Waals surface area contributed by atoms with E-state index < -0.39 is 0 Å². The maximum Gasteiger partial charge on any atom is 0.135 e. The highest BCUT2D eigenvalue weighted by Crippen LogP contribution is 2.58. The summed E-state index contributed by atoms with van der Waals surface area (Å²) in [7, 11) is 0. The number of fused-ring (bicyclic) bond motifs is 31. The van der Waals surface area contributed by atoms with Gasteiger partial charge in [0.25, 0.3) is 0 Å². The number of H-pyrrole nitrogens is 3. The summed E-state index contributed by atoms with van der Waals surface area (Å²) in [4.78, 5) is 11.2. The van der Waals surface area contributed by atoms with Crippen molar-refractivity contribution in [2.24, 2.45) is 0 Å². The van der Waals surface area contributed by atoms with Gasteiger partial charge in [-0.25, -0.2) is 0 Å². The lowest BCUT2D eigenvalue weighted by atomic mass is 9.81. The zero-order valence-electron chi connectivity index (χ0n) is 70.9. The Labute approximate surface area is 750 Å². The van der Waals surface area contributed by atoms with Gasteiger partial charge in [-0.1, -0.05) is 317 Å². The van der Waals surface area contributed by atoms with E-state index in [0.29, 0.717) is 0 Å². The lowest BCUT2D eigenvalue weighted by Crippen LogP contribution is -2.14. The zero-order valence-corrected chi connectivity index (χ0v) is 71.7. The van der Waals surface area contributed by atoms with Crippen molar-refractivity contribution in [2.75, 3.05) is 0 Å². The molecule has 6 aliphatic carbocycles. The van der Waals surface area contributed by atoms with E-state index in [0.717, 1.165) is 50.3 Å². The van der Waals surface area contributed by atoms with Crippen LogP contribution in [0.15, 0.2) is 397 Å². The van der Waals surface area contributed by atoms with Gasteiger partial charge in [0.15, 0.2) is 0 Å². The fourth-order valence-electron chi connectivity index (χ4n) is 23.4. The van der Waals surface area contributed by atoms with E-state index in [2.05, 4.69) is 393 Å². The van der Waals surface area contributed by atoms with E-state index in [-0.39, 0.29) is 5.41 Å². The number of para-hydroxylation sites is 2. The van der Waals surface area contributed by atoms with Gasteiger partial charge in [0.05, 0.1) is 17.1 Å². The van der Waals surface area contributed by atoms with E-state index >= 15 is 0 Å². The van der Waals surface area contributed by atoms with Gasteiger partial charge in [0.2, 0.25) is 0 Å². The van der Waals surface area contributed by atoms with Gasteiger partial charge in [-0.3, -0.25) is 0 Å². The number of hydrogen-bond acceptors (Lipinski definition) is 3. The van der Waals surface area contributed by atoms with Gasteiger partial charge in [0.1, 0.15) is 22.3 Å². The van der Waals surface area contributed by atoms with E-state index in [1.165, 1.54) is 263 Å². The molecule has 0 fully saturated rings. The van der Waals surface area contributed by atoms with Gasteiger partial charge in [0, 0.05) is 113 Å². The summed E-state index contributed by atoms with van der Waals surface area (Å²) in [5.41, 5.74) is 47.2. The number of aromatic amines is 3. The molecule has 0 radical (unpaired) electrons. The maximum atomic E-state index is 6.02. The van der Waals surface area contributed by atoms with Crippen molar-refractivity contribution < 1.29 is 8.83 Å². The van der Waals surface area contributed by atoms with Gasteiger partial charge in [-0.15, -0.1) is 11.3 Å². The van der Waals surface area contributed by atoms with E-state index in [1.807, 2.05) is 35.6 Å². The van der Waals surface area contributed by atoms with Crippen LogP contribution in [-0.2, 0) is 11.8 Å². The van der Waals surface area contributed by atoms with Crippen molar-refractivity contribution >= 4 is 162 Å². The second-order valence-corrected chi connectivity index (χ2v) is 37.6. The molecule has 604 valence electrons. The molecule has 0 saturated heterocycles. The number of thiophene rings is 1. The first kappa shape index (κ1) is 71.9. The standard InChI is InChI=1S/C34H24.2C30H17NO.C30H17NS/c1-34(2)30-12-4-3-9-24(30)25-16-15-22(19-31(25)34)21-13-14-23-18-29-26-10-5-7-20-8-6-11-27(32(20)26)33(29)28(23)17-21;1-2-10-26-20(7-1)24-15-18(12-14-27(24)32-26)19-11-13-21-25(16-19)31-30-23-9-4-6-17-5-3-8-22(28(17)23)29(21)30;1-2-10-26-20(7-1)23-15-19(12-14-27(23)32-26)18-11-13-25-24(16-18)29-21-8-3-5-17-6-4-9-22(28(17)21)30(29)31-25;1-2-10-26-20(7-1)21-13-11-19(16-27(21)32-26)18-12-14-22-25(15-18)31-30-24-9-4-6-17-5-3-8-23(28(17)24)29(22)30/h3-17,19H,18H2,1-2H3;3*1-16,31H. The van der Waals surface area contributed by atoms with Gasteiger partial charge in [-0.2, -0.15) is 0 Å². The third-order valence-corrected chi connectivity index (χ3v) is 30.5. The van der Waals surface area contributed by atoms with Crippen molar-refractivity contribution in [3.8, 4) is 123 Å². The lowest BCUT2D eigenvalue weighted by Gasteiger charge is -2.22. The van der Waals surface area contributed by atoms with Gasteiger partial charge < -0.3 is 23.8 Å². The maximum absolute atomic E-state index is 6.02. The molecule has 0 saturated carbocycles. The molecule has 6 aromatic heterocycles. The highest BCUT2D eigenvalue weighted by Gasteiger charge is 2.37. The first-order valence-electron chi connectivity index (χ1n) is 45.1. The fraction of sp³-hybridized carbons (Fsp3) is 0.0323. The Morgan fingerprint density at radius 1 is 0.238 bits per heavy atom. The monoisotopic (exact) mass is 1670 g/mol. The Hall–Kier alpha value is -16.4. The highest BCUT2D eigenvalue weighted by molar-refractivity contribution is 7.25. The summed E-state index contributed by atoms with van der Waals surface area (Å²) in [6, 6.07) is 142. The summed E-state index contributed by atoms with van der Waals surface area (Å²) in [6.45, 7) is 4.72. The van der Waals surface area contributed by atoms with Crippen LogP contribution >= 0.6 is 11.3 Å². The average molecular weight is 1670 g/mol. The molecule has 0 spiro atoms. The normalized spacial score (nSPS) is 13.3. The van der Waals surface area contributed by atoms with Crippen molar-refractivity contribution in [3.05, 3.63) is 422 Å². The number of benzene rings is 20. The topological polar surface area (TPSA) is 73.7 Å². The molecule has 26 aromatic rings. The predicted molar refractivity (Wildman–Crippen MR) is 547 cm³/mol. The van der Waals surface area contributed by atoms with Crippen molar-refractivity contribution in [1.82, 2.24) is 15.0 Å². The quantitative estimate of drug-likeness (QED) is 0.164. The summed E-state index contributed by atoms with van der Waals surface area (Å²) < 4.78 is 14.7. The Morgan fingerprint density at radius 3 is 1.20 bits per heavy atom. The molecule has 0 amide bonds. The Bertz CT molecular complexity index is 9560.